The zero-order chi connectivity index (χ0) is 15.5. The molecule has 0 aliphatic heterocycles. The Morgan fingerprint density at radius 1 is 1.48 bits per heavy atom. The molecule has 0 spiro atoms. The van der Waals surface area contributed by atoms with Gasteiger partial charge in [-0.15, -0.1) is 0 Å². The highest BCUT2D eigenvalue weighted by Crippen LogP contribution is 2.17. The average Bonchev–Trinajstić information content (AvgIpc) is 2.87. The Bertz CT molecular complexity index is 715. The Hall–Kier alpha value is -1.77. The Morgan fingerprint density at radius 3 is 2.81 bits per heavy atom. The van der Waals surface area contributed by atoms with Gasteiger partial charge in [-0.3, -0.25) is 4.68 Å². The quantitative estimate of drug-likeness (QED) is 0.870. The number of nitrogens with one attached hydrogen (secondary N) is 1. The highest BCUT2D eigenvalue weighted by Gasteiger charge is 2.19. The van der Waals surface area contributed by atoms with E-state index in [1.165, 1.54) is 36.3 Å². The van der Waals surface area contributed by atoms with Gasteiger partial charge in [0.2, 0.25) is 10.0 Å². The SMILES string of the molecule is COC(CNS(=O)(=O)c1cnn(C)c1)c1cccc(F)c1. The molecule has 0 bridgehead atoms. The largest absolute Gasteiger partial charge is 0.375 e. The second-order valence-corrected chi connectivity index (χ2v) is 6.25. The van der Waals surface area contributed by atoms with Gasteiger partial charge in [0.25, 0.3) is 0 Å². The number of aromatic nitrogens is 2. The molecule has 1 unspecified atom stereocenters. The second kappa shape index (κ2) is 6.33. The molecular weight excluding hydrogens is 297 g/mol. The molecule has 1 aromatic heterocycles. The number of rotatable bonds is 6. The minimum Gasteiger partial charge on any atom is -0.375 e. The van der Waals surface area contributed by atoms with E-state index in [0.29, 0.717) is 5.56 Å². The predicted molar refractivity (Wildman–Crippen MR) is 74.5 cm³/mol. The van der Waals surface area contributed by atoms with Crippen LogP contribution in [0.1, 0.15) is 11.7 Å². The van der Waals surface area contributed by atoms with Crippen LogP contribution < -0.4 is 4.72 Å². The van der Waals surface area contributed by atoms with Crippen LogP contribution in [0.2, 0.25) is 0 Å². The molecule has 0 aliphatic carbocycles. The molecule has 8 heteroatoms. The fourth-order valence-electron chi connectivity index (χ4n) is 1.85. The van der Waals surface area contributed by atoms with Crippen molar-refractivity contribution in [2.75, 3.05) is 13.7 Å². The number of aryl methyl sites for hydroxylation is 1. The van der Waals surface area contributed by atoms with Crippen LogP contribution in [0.25, 0.3) is 0 Å². The first kappa shape index (κ1) is 15.6. The van der Waals surface area contributed by atoms with Gasteiger partial charge < -0.3 is 4.74 Å². The Morgan fingerprint density at radius 2 is 2.24 bits per heavy atom. The van der Waals surface area contributed by atoms with Crippen molar-refractivity contribution in [2.45, 2.75) is 11.0 Å². The molecule has 2 aromatic rings. The van der Waals surface area contributed by atoms with E-state index in [-0.39, 0.29) is 11.4 Å². The van der Waals surface area contributed by atoms with Crippen molar-refractivity contribution in [2.24, 2.45) is 7.05 Å². The van der Waals surface area contributed by atoms with Crippen LogP contribution in [0, 0.1) is 5.82 Å². The van der Waals surface area contributed by atoms with Crippen LogP contribution in [0.5, 0.6) is 0 Å². The summed E-state index contributed by atoms with van der Waals surface area (Å²) in [4.78, 5) is 0.0686. The number of sulfonamides is 1. The summed E-state index contributed by atoms with van der Waals surface area (Å²) in [6.07, 6.45) is 2.07. The summed E-state index contributed by atoms with van der Waals surface area (Å²) in [5, 5.41) is 3.82. The van der Waals surface area contributed by atoms with E-state index < -0.39 is 21.9 Å². The lowest BCUT2D eigenvalue weighted by Gasteiger charge is -2.16. The van der Waals surface area contributed by atoms with Crippen LogP contribution in [-0.4, -0.2) is 31.9 Å². The predicted octanol–water partition coefficient (Wildman–Crippen LogP) is 1.23. The third kappa shape index (κ3) is 3.87. The lowest BCUT2D eigenvalue weighted by molar-refractivity contribution is 0.107. The number of methoxy groups -OCH3 is 1. The van der Waals surface area contributed by atoms with E-state index >= 15 is 0 Å². The third-order valence-electron chi connectivity index (χ3n) is 2.96. The molecule has 0 amide bonds. The topological polar surface area (TPSA) is 73.2 Å². The van der Waals surface area contributed by atoms with E-state index in [1.807, 2.05) is 0 Å². The lowest BCUT2D eigenvalue weighted by Crippen LogP contribution is -2.29. The first-order valence-electron chi connectivity index (χ1n) is 6.19. The fraction of sp³-hybridized carbons (Fsp3) is 0.308. The average molecular weight is 313 g/mol. The molecule has 0 radical (unpaired) electrons. The maximum atomic E-state index is 13.2. The molecule has 1 heterocycles. The van der Waals surface area contributed by atoms with Crippen molar-refractivity contribution in [1.29, 1.82) is 0 Å². The van der Waals surface area contributed by atoms with Crippen molar-refractivity contribution in [3.8, 4) is 0 Å². The van der Waals surface area contributed by atoms with Gasteiger partial charge in [0.1, 0.15) is 10.7 Å². The molecule has 1 atom stereocenters. The Labute approximate surface area is 122 Å². The second-order valence-electron chi connectivity index (χ2n) is 4.48. The molecular formula is C13H16FN3O3S. The molecule has 0 saturated heterocycles. The van der Waals surface area contributed by atoms with Gasteiger partial charge in [0, 0.05) is 26.9 Å². The van der Waals surface area contributed by atoms with Gasteiger partial charge in [0.15, 0.2) is 0 Å². The van der Waals surface area contributed by atoms with Crippen LogP contribution in [-0.2, 0) is 21.8 Å². The van der Waals surface area contributed by atoms with Gasteiger partial charge >= 0.3 is 0 Å². The van der Waals surface area contributed by atoms with Crippen LogP contribution in [0.4, 0.5) is 4.39 Å². The van der Waals surface area contributed by atoms with E-state index in [1.54, 1.807) is 19.2 Å². The van der Waals surface area contributed by atoms with Gasteiger partial charge in [0.05, 0.1) is 12.3 Å². The van der Waals surface area contributed by atoms with Gasteiger partial charge in [-0.05, 0) is 17.7 Å². The molecule has 2 rings (SSSR count). The molecule has 1 N–H and O–H groups in total. The van der Waals surface area contributed by atoms with Crippen LogP contribution in [0.15, 0.2) is 41.6 Å². The monoisotopic (exact) mass is 313 g/mol. The number of benzene rings is 1. The first-order valence-corrected chi connectivity index (χ1v) is 7.67. The fourth-order valence-corrected chi connectivity index (χ4v) is 2.87. The van der Waals surface area contributed by atoms with Crippen molar-refractivity contribution >= 4 is 10.0 Å². The molecule has 1 aromatic carbocycles. The summed E-state index contributed by atoms with van der Waals surface area (Å²) in [7, 11) is -0.603. The zero-order valence-electron chi connectivity index (χ0n) is 11.7. The van der Waals surface area contributed by atoms with Crippen molar-refractivity contribution in [3.05, 3.63) is 48.0 Å². The van der Waals surface area contributed by atoms with E-state index in [0.717, 1.165) is 0 Å². The molecule has 0 saturated carbocycles. The van der Waals surface area contributed by atoms with E-state index in [9.17, 15) is 12.8 Å². The number of hydrogen-bond donors (Lipinski definition) is 1. The van der Waals surface area contributed by atoms with Crippen molar-refractivity contribution < 1.29 is 17.5 Å². The Balaban J connectivity index is 2.10. The number of halogens is 1. The van der Waals surface area contributed by atoms with Crippen molar-refractivity contribution in [1.82, 2.24) is 14.5 Å². The standard InChI is InChI=1S/C13H16FN3O3S/c1-17-9-12(7-15-17)21(18,19)16-8-13(20-2)10-4-3-5-11(14)6-10/h3-7,9,13,16H,8H2,1-2H3. The summed E-state index contributed by atoms with van der Waals surface area (Å²) >= 11 is 0. The highest BCUT2D eigenvalue weighted by molar-refractivity contribution is 7.89. The molecule has 21 heavy (non-hydrogen) atoms. The number of nitrogens with zero attached hydrogens (tertiary/aromatic N) is 2. The van der Waals surface area contributed by atoms with Gasteiger partial charge in [-0.1, -0.05) is 12.1 Å². The molecule has 0 aliphatic rings. The minimum absolute atomic E-state index is 0.00280. The lowest BCUT2D eigenvalue weighted by atomic mass is 10.1. The summed E-state index contributed by atoms with van der Waals surface area (Å²) < 4.78 is 46.4. The van der Waals surface area contributed by atoms with Crippen LogP contribution >= 0.6 is 0 Å². The maximum Gasteiger partial charge on any atom is 0.243 e. The van der Waals surface area contributed by atoms with E-state index in [2.05, 4.69) is 9.82 Å². The minimum atomic E-state index is -3.67. The van der Waals surface area contributed by atoms with Crippen molar-refractivity contribution in [3.63, 3.8) is 0 Å². The van der Waals surface area contributed by atoms with Gasteiger partial charge in [-0.25, -0.2) is 17.5 Å². The molecule has 0 fully saturated rings. The first-order chi connectivity index (χ1) is 9.92. The van der Waals surface area contributed by atoms with Crippen LogP contribution in [0.3, 0.4) is 0 Å². The number of hydrogen-bond acceptors (Lipinski definition) is 4. The normalized spacial score (nSPS) is 13.3. The zero-order valence-corrected chi connectivity index (χ0v) is 12.5. The smallest absolute Gasteiger partial charge is 0.243 e. The Kier molecular flexibility index (Phi) is 4.71. The summed E-state index contributed by atoms with van der Waals surface area (Å²) in [5.41, 5.74) is 0.561. The summed E-state index contributed by atoms with van der Waals surface area (Å²) in [5.74, 6) is -0.398. The summed E-state index contributed by atoms with van der Waals surface area (Å²) in [6, 6.07) is 5.85. The summed E-state index contributed by atoms with van der Waals surface area (Å²) in [6.45, 7) is -0.00280. The molecule has 114 valence electrons. The third-order valence-corrected chi connectivity index (χ3v) is 4.33. The highest BCUT2D eigenvalue weighted by atomic mass is 32.2. The van der Waals surface area contributed by atoms with Gasteiger partial charge in [-0.2, -0.15) is 5.10 Å². The number of ether oxygens (including phenoxy) is 1. The maximum absolute atomic E-state index is 13.2. The van der Waals surface area contributed by atoms with E-state index in [4.69, 9.17) is 4.74 Å². The molecule has 6 nitrogen and oxygen atoms in total.